The summed E-state index contributed by atoms with van der Waals surface area (Å²) in [5.41, 5.74) is 5.24. The summed E-state index contributed by atoms with van der Waals surface area (Å²) in [6.45, 7) is 1.60. The monoisotopic (exact) mass is 291 g/mol. The van der Waals surface area contributed by atoms with Crippen LogP contribution in [-0.4, -0.2) is 28.2 Å². The lowest BCUT2D eigenvalue weighted by atomic mass is 10.3. The molecule has 0 aliphatic rings. The third-order valence-corrected chi connectivity index (χ3v) is 2.26. The largest absolute Gasteiger partial charge is 0.453 e. The fraction of sp³-hybridized carbons (Fsp3) is 0.667. The van der Waals surface area contributed by atoms with Crippen LogP contribution in [0.1, 0.15) is 12.6 Å². The Labute approximate surface area is 104 Å². The van der Waals surface area contributed by atoms with E-state index in [-0.39, 0.29) is 17.8 Å². The summed E-state index contributed by atoms with van der Waals surface area (Å²) >= 11 is 0. The second-order valence-electron chi connectivity index (χ2n) is 3.72. The van der Waals surface area contributed by atoms with Gasteiger partial charge in [0.1, 0.15) is 5.69 Å². The first-order chi connectivity index (χ1) is 8.48. The molecule has 2 N–H and O–H groups in total. The van der Waals surface area contributed by atoms with Gasteiger partial charge in [0.05, 0.1) is 5.69 Å². The summed E-state index contributed by atoms with van der Waals surface area (Å²) < 4.78 is 78.8. The van der Waals surface area contributed by atoms with Crippen LogP contribution < -0.4 is 10.5 Å². The summed E-state index contributed by atoms with van der Waals surface area (Å²) in [4.78, 5) is 0. The van der Waals surface area contributed by atoms with E-state index in [9.17, 15) is 26.3 Å². The molecule has 0 aliphatic heterocycles. The third-order valence-electron chi connectivity index (χ3n) is 2.26. The van der Waals surface area contributed by atoms with Gasteiger partial charge in [-0.3, -0.25) is 0 Å². The first-order valence-electron chi connectivity index (χ1n) is 5.09. The number of rotatable bonds is 3. The standard InChI is InChI=1S/C9H11F6N3O/c1-3-4-5(16)6(18(2)17-4)19-7(8(10,11)12)9(13,14)15/h7H,3,16H2,1-2H3. The third kappa shape index (κ3) is 3.24. The van der Waals surface area contributed by atoms with Crippen molar-refractivity contribution in [3.8, 4) is 5.88 Å². The van der Waals surface area contributed by atoms with Gasteiger partial charge in [0.25, 0.3) is 6.10 Å². The number of halogens is 6. The van der Waals surface area contributed by atoms with Crippen molar-refractivity contribution in [2.75, 3.05) is 5.73 Å². The second-order valence-corrected chi connectivity index (χ2v) is 3.72. The van der Waals surface area contributed by atoms with E-state index in [1.54, 1.807) is 6.92 Å². The summed E-state index contributed by atoms with van der Waals surface area (Å²) in [6.07, 6.45) is -14.9. The van der Waals surface area contributed by atoms with Gasteiger partial charge in [-0.15, -0.1) is 0 Å². The van der Waals surface area contributed by atoms with Crippen LogP contribution in [-0.2, 0) is 13.5 Å². The topological polar surface area (TPSA) is 53.1 Å². The van der Waals surface area contributed by atoms with Gasteiger partial charge in [0.15, 0.2) is 0 Å². The average Bonchev–Trinajstić information content (AvgIpc) is 2.47. The molecule has 1 aromatic rings. The average molecular weight is 291 g/mol. The number of nitrogens with two attached hydrogens (primary N) is 1. The quantitative estimate of drug-likeness (QED) is 0.870. The minimum absolute atomic E-state index is 0.167. The van der Waals surface area contributed by atoms with Crippen molar-refractivity contribution < 1.29 is 31.1 Å². The molecule has 0 aliphatic carbocycles. The number of aryl methyl sites for hydroxylation is 2. The predicted octanol–water partition coefficient (Wildman–Crippen LogP) is 2.44. The summed E-state index contributed by atoms with van der Waals surface area (Å²) in [7, 11) is 1.15. The molecule has 1 heterocycles. The molecular weight excluding hydrogens is 280 g/mol. The number of hydrogen-bond donors (Lipinski definition) is 1. The van der Waals surface area contributed by atoms with Crippen molar-refractivity contribution in [1.29, 1.82) is 0 Å². The fourth-order valence-electron chi connectivity index (χ4n) is 1.41. The first-order valence-corrected chi connectivity index (χ1v) is 5.09. The fourth-order valence-corrected chi connectivity index (χ4v) is 1.41. The number of anilines is 1. The number of nitrogens with zero attached hydrogens (tertiary/aromatic N) is 2. The zero-order valence-corrected chi connectivity index (χ0v) is 9.93. The maximum Gasteiger partial charge on any atom is 0.434 e. The van der Waals surface area contributed by atoms with Gasteiger partial charge in [-0.1, -0.05) is 6.92 Å². The lowest BCUT2D eigenvalue weighted by molar-refractivity contribution is -0.300. The lowest BCUT2D eigenvalue weighted by Gasteiger charge is -2.23. The van der Waals surface area contributed by atoms with Crippen molar-refractivity contribution in [2.24, 2.45) is 7.05 Å². The first kappa shape index (κ1) is 15.4. The Hall–Kier alpha value is -1.61. The van der Waals surface area contributed by atoms with E-state index >= 15 is 0 Å². The molecule has 0 spiro atoms. The van der Waals surface area contributed by atoms with E-state index in [1.165, 1.54) is 0 Å². The molecule has 0 bridgehead atoms. The Bertz CT molecular complexity index is 436. The molecule has 1 aromatic heterocycles. The van der Waals surface area contributed by atoms with Crippen LogP contribution in [0.3, 0.4) is 0 Å². The van der Waals surface area contributed by atoms with E-state index in [0.717, 1.165) is 11.7 Å². The summed E-state index contributed by atoms with van der Waals surface area (Å²) in [5, 5.41) is 3.68. The van der Waals surface area contributed by atoms with Crippen LogP contribution >= 0.6 is 0 Å². The van der Waals surface area contributed by atoms with Crippen LogP contribution in [0, 0.1) is 0 Å². The molecule has 0 saturated carbocycles. The highest BCUT2D eigenvalue weighted by Crippen LogP contribution is 2.38. The molecule has 10 heteroatoms. The SMILES string of the molecule is CCc1nn(C)c(OC(C(F)(F)F)C(F)(F)F)c1N. The highest BCUT2D eigenvalue weighted by molar-refractivity contribution is 5.53. The molecule has 0 aromatic carbocycles. The maximum atomic E-state index is 12.3. The predicted molar refractivity (Wildman–Crippen MR) is 53.5 cm³/mol. The van der Waals surface area contributed by atoms with Crippen molar-refractivity contribution in [3.63, 3.8) is 0 Å². The van der Waals surface area contributed by atoms with Gasteiger partial charge in [-0.25, -0.2) is 4.68 Å². The van der Waals surface area contributed by atoms with Crippen molar-refractivity contribution >= 4 is 5.69 Å². The molecular formula is C9H11F6N3O. The number of alkyl halides is 6. The minimum Gasteiger partial charge on any atom is -0.453 e. The number of ether oxygens (including phenoxy) is 1. The molecule has 0 saturated heterocycles. The van der Waals surface area contributed by atoms with Gasteiger partial charge >= 0.3 is 12.4 Å². The van der Waals surface area contributed by atoms with E-state index in [2.05, 4.69) is 9.84 Å². The van der Waals surface area contributed by atoms with Crippen molar-refractivity contribution in [2.45, 2.75) is 31.8 Å². The van der Waals surface area contributed by atoms with Crippen LogP contribution in [0.15, 0.2) is 0 Å². The Morgan fingerprint density at radius 3 is 2.00 bits per heavy atom. The molecule has 0 unspecified atom stereocenters. The van der Waals surface area contributed by atoms with Crippen LogP contribution in [0.4, 0.5) is 32.0 Å². The zero-order chi connectivity index (χ0) is 15.0. The van der Waals surface area contributed by atoms with E-state index in [0.29, 0.717) is 0 Å². The highest BCUT2D eigenvalue weighted by atomic mass is 19.4. The molecule has 0 fully saturated rings. The van der Waals surface area contributed by atoms with Crippen LogP contribution in [0.2, 0.25) is 0 Å². The highest BCUT2D eigenvalue weighted by Gasteiger charge is 2.59. The number of aromatic nitrogens is 2. The van der Waals surface area contributed by atoms with Gasteiger partial charge in [-0.2, -0.15) is 31.4 Å². The minimum atomic E-state index is -5.60. The smallest absolute Gasteiger partial charge is 0.434 e. The molecule has 0 atom stereocenters. The second kappa shape index (κ2) is 4.82. The molecule has 0 amide bonds. The van der Waals surface area contributed by atoms with Gasteiger partial charge in [0.2, 0.25) is 5.88 Å². The summed E-state index contributed by atoms with van der Waals surface area (Å²) in [6, 6.07) is 0. The van der Waals surface area contributed by atoms with Crippen LogP contribution in [0.25, 0.3) is 0 Å². The lowest BCUT2D eigenvalue weighted by Crippen LogP contribution is -2.47. The van der Waals surface area contributed by atoms with Crippen molar-refractivity contribution in [1.82, 2.24) is 9.78 Å². The number of nitrogen functional groups attached to an aromatic ring is 1. The Kier molecular flexibility index (Phi) is 3.92. The van der Waals surface area contributed by atoms with E-state index in [4.69, 9.17) is 5.73 Å². The molecule has 0 radical (unpaired) electrons. The van der Waals surface area contributed by atoms with Crippen molar-refractivity contribution in [3.05, 3.63) is 5.69 Å². The van der Waals surface area contributed by atoms with E-state index < -0.39 is 24.3 Å². The molecule has 19 heavy (non-hydrogen) atoms. The van der Waals surface area contributed by atoms with Gasteiger partial charge < -0.3 is 10.5 Å². The van der Waals surface area contributed by atoms with Crippen LogP contribution in [0.5, 0.6) is 5.88 Å². The number of hydrogen-bond acceptors (Lipinski definition) is 3. The normalized spacial score (nSPS) is 13.1. The molecule has 4 nitrogen and oxygen atoms in total. The molecule has 110 valence electrons. The Balaban J connectivity index is 3.15. The molecule has 1 rings (SSSR count). The zero-order valence-electron chi connectivity index (χ0n) is 9.93. The summed E-state index contributed by atoms with van der Waals surface area (Å²) in [5.74, 6) is -0.753. The van der Waals surface area contributed by atoms with Gasteiger partial charge in [0, 0.05) is 7.05 Å². The Morgan fingerprint density at radius 1 is 1.21 bits per heavy atom. The maximum absolute atomic E-state index is 12.3. The van der Waals surface area contributed by atoms with Gasteiger partial charge in [-0.05, 0) is 6.42 Å². The Morgan fingerprint density at radius 2 is 1.68 bits per heavy atom. The van der Waals surface area contributed by atoms with E-state index in [1.807, 2.05) is 0 Å².